The molecule has 2 aromatic rings. The molecule has 0 unspecified atom stereocenters. The van der Waals surface area contributed by atoms with Crippen LogP contribution in [-0.2, 0) is 21.2 Å². The van der Waals surface area contributed by atoms with Crippen LogP contribution in [0.15, 0.2) is 57.9 Å². The van der Waals surface area contributed by atoms with Crippen LogP contribution in [0.3, 0.4) is 0 Å². The van der Waals surface area contributed by atoms with Crippen LogP contribution in [-0.4, -0.2) is 37.8 Å². The van der Waals surface area contributed by atoms with Gasteiger partial charge in [0.2, 0.25) is 15.9 Å². The maximum absolute atomic E-state index is 13.4. The molecule has 28 heavy (non-hydrogen) atoms. The van der Waals surface area contributed by atoms with Crippen LogP contribution in [0.5, 0.6) is 0 Å². The highest BCUT2D eigenvalue weighted by Gasteiger charge is 2.39. The number of carbonyl (C=O) groups is 1. The average molecular weight is 463 g/mol. The highest BCUT2D eigenvalue weighted by Crippen LogP contribution is 2.36. The minimum absolute atomic E-state index is 0.0292. The molecular weight excluding hydrogens is 440 g/mol. The molecule has 0 aromatic heterocycles. The van der Waals surface area contributed by atoms with Gasteiger partial charge in [0.1, 0.15) is 0 Å². The molecule has 0 bridgehead atoms. The molecule has 5 nitrogen and oxygen atoms in total. The molecule has 2 aliphatic rings. The normalized spacial score (nSPS) is 22.9. The highest BCUT2D eigenvalue weighted by atomic mass is 79.9. The smallest absolute Gasteiger partial charge is 0.243 e. The van der Waals surface area contributed by atoms with Crippen molar-refractivity contribution < 1.29 is 13.2 Å². The van der Waals surface area contributed by atoms with E-state index in [0.29, 0.717) is 19.4 Å². The number of amides is 1. The Labute approximate surface area is 174 Å². The lowest BCUT2D eigenvalue weighted by Gasteiger charge is -2.34. The van der Waals surface area contributed by atoms with Crippen molar-refractivity contribution in [2.75, 3.05) is 18.0 Å². The first-order valence-electron chi connectivity index (χ1n) is 9.54. The van der Waals surface area contributed by atoms with Crippen LogP contribution >= 0.6 is 15.9 Å². The third-order valence-electron chi connectivity index (χ3n) is 5.61. The summed E-state index contributed by atoms with van der Waals surface area (Å²) in [6.07, 6.45) is 2.23. The van der Waals surface area contributed by atoms with Crippen molar-refractivity contribution in [3.05, 3.63) is 58.6 Å². The van der Waals surface area contributed by atoms with Crippen molar-refractivity contribution >= 4 is 37.5 Å². The molecule has 0 radical (unpaired) electrons. The summed E-state index contributed by atoms with van der Waals surface area (Å²) in [5.74, 6) is -0.286. The Morgan fingerprint density at radius 2 is 1.89 bits per heavy atom. The first-order chi connectivity index (χ1) is 13.4. The number of halogens is 1. The summed E-state index contributed by atoms with van der Waals surface area (Å²) >= 11 is 3.49. The lowest BCUT2D eigenvalue weighted by atomic mass is 9.97. The van der Waals surface area contributed by atoms with E-state index in [1.807, 2.05) is 24.0 Å². The van der Waals surface area contributed by atoms with E-state index < -0.39 is 10.0 Å². The van der Waals surface area contributed by atoms with Crippen LogP contribution in [0.2, 0.25) is 0 Å². The SMILES string of the molecule is C[C@H]1Cc2cc(Br)ccc2N1C(=O)[C@@H]1CCCN(S(=O)(=O)c2ccccc2)C1. The zero-order valence-corrected chi connectivity index (χ0v) is 18.1. The van der Waals surface area contributed by atoms with Gasteiger partial charge in [-0.25, -0.2) is 8.42 Å². The van der Waals surface area contributed by atoms with Crippen LogP contribution in [0, 0.1) is 5.92 Å². The topological polar surface area (TPSA) is 57.7 Å². The van der Waals surface area contributed by atoms with E-state index in [4.69, 9.17) is 0 Å². The second-order valence-electron chi connectivity index (χ2n) is 7.55. The molecule has 1 amide bonds. The molecule has 4 rings (SSSR count). The molecule has 2 atom stereocenters. The molecule has 7 heteroatoms. The van der Waals surface area contributed by atoms with Gasteiger partial charge in [0.15, 0.2) is 0 Å². The maximum Gasteiger partial charge on any atom is 0.243 e. The fraction of sp³-hybridized carbons (Fsp3) is 0.381. The minimum atomic E-state index is -3.58. The van der Waals surface area contributed by atoms with Crippen molar-refractivity contribution in [3.63, 3.8) is 0 Å². The standard InChI is InChI=1S/C21H23BrN2O3S/c1-15-12-17-13-18(22)9-10-20(17)24(15)21(25)16-6-5-11-23(14-16)28(26,27)19-7-3-2-4-8-19/h2-4,7-10,13,15-16H,5-6,11-12,14H2,1H3/t15-,16+/m0/s1. The quantitative estimate of drug-likeness (QED) is 0.696. The third-order valence-corrected chi connectivity index (χ3v) is 7.98. The number of fused-ring (bicyclic) bond motifs is 1. The van der Waals surface area contributed by atoms with E-state index in [2.05, 4.69) is 22.0 Å². The number of rotatable bonds is 3. The van der Waals surface area contributed by atoms with Crippen LogP contribution < -0.4 is 4.90 Å². The number of hydrogen-bond donors (Lipinski definition) is 0. The summed E-state index contributed by atoms with van der Waals surface area (Å²) in [5.41, 5.74) is 2.10. The van der Waals surface area contributed by atoms with E-state index in [0.717, 1.165) is 22.1 Å². The van der Waals surface area contributed by atoms with Gasteiger partial charge in [-0.15, -0.1) is 0 Å². The van der Waals surface area contributed by atoms with Gasteiger partial charge in [-0.2, -0.15) is 4.31 Å². The van der Waals surface area contributed by atoms with Crippen molar-refractivity contribution in [3.8, 4) is 0 Å². The largest absolute Gasteiger partial charge is 0.309 e. The molecular formula is C21H23BrN2O3S. The van der Waals surface area contributed by atoms with Crippen molar-refractivity contribution in [2.45, 2.75) is 37.1 Å². The van der Waals surface area contributed by atoms with Crippen molar-refractivity contribution in [1.82, 2.24) is 4.31 Å². The van der Waals surface area contributed by atoms with E-state index in [-0.39, 0.29) is 29.3 Å². The number of anilines is 1. The summed E-state index contributed by atoms with van der Waals surface area (Å²) in [7, 11) is -3.58. The van der Waals surface area contributed by atoms with Gasteiger partial charge in [0, 0.05) is 29.3 Å². The number of benzene rings is 2. The fourth-order valence-electron chi connectivity index (χ4n) is 4.24. The number of carbonyl (C=O) groups excluding carboxylic acids is 1. The second-order valence-corrected chi connectivity index (χ2v) is 10.4. The van der Waals surface area contributed by atoms with Gasteiger partial charge in [-0.3, -0.25) is 4.79 Å². The Kier molecular flexibility index (Phi) is 5.33. The fourth-order valence-corrected chi connectivity index (χ4v) is 6.19. The summed E-state index contributed by atoms with van der Waals surface area (Å²) < 4.78 is 28.4. The van der Waals surface area contributed by atoms with E-state index >= 15 is 0 Å². The summed E-state index contributed by atoms with van der Waals surface area (Å²) in [5, 5.41) is 0. The molecule has 2 aromatic carbocycles. The van der Waals surface area contributed by atoms with Gasteiger partial charge < -0.3 is 4.90 Å². The predicted molar refractivity (Wildman–Crippen MR) is 113 cm³/mol. The molecule has 148 valence electrons. The molecule has 0 N–H and O–H groups in total. The monoisotopic (exact) mass is 462 g/mol. The number of piperidine rings is 1. The molecule has 0 aliphatic carbocycles. The summed E-state index contributed by atoms with van der Waals surface area (Å²) in [6, 6.07) is 14.5. The predicted octanol–water partition coefficient (Wildman–Crippen LogP) is 3.83. The van der Waals surface area contributed by atoms with E-state index in [1.54, 1.807) is 30.3 Å². The summed E-state index contributed by atoms with van der Waals surface area (Å²) in [4.78, 5) is 15.5. The minimum Gasteiger partial charge on any atom is -0.309 e. The lowest BCUT2D eigenvalue weighted by molar-refractivity contribution is -0.123. The Balaban J connectivity index is 1.57. The Morgan fingerprint density at radius 3 is 2.64 bits per heavy atom. The van der Waals surface area contributed by atoms with Gasteiger partial charge in [0.25, 0.3) is 0 Å². The number of hydrogen-bond acceptors (Lipinski definition) is 3. The molecule has 0 saturated carbocycles. The first kappa shape index (κ1) is 19.6. The van der Waals surface area contributed by atoms with Gasteiger partial charge in [-0.05, 0) is 62.1 Å². The Morgan fingerprint density at radius 1 is 1.14 bits per heavy atom. The number of sulfonamides is 1. The lowest BCUT2D eigenvalue weighted by Crippen LogP contribution is -2.48. The molecule has 0 spiro atoms. The second kappa shape index (κ2) is 7.61. The number of nitrogens with zero attached hydrogens (tertiary/aromatic N) is 2. The van der Waals surface area contributed by atoms with Crippen LogP contribution in [0.4, 0.5) is 5.69 Å². The van der Waals surface area contributed by atoms with Gasteiger partial charge in [-0.1, -0.05) is 34.1 Å². The van der Waals surface area contributed by atoms with E-state index in [9.17, 15) is 13.2 Å². The van der Waals surface area contributed by atoms with Crippen LogP contribution in [0.25, 0.3) is 0 Å². The molecule has 1 fully saturated rings. The van der Waals surface area contributed by atoms with Gasteiger partial charge >= 0.3 is 0 Å². The Bertz CT molecular complexity index is 994. The third kappa shape index (κ3) is 3.51. The zero-order chi connectivity index (χ0) is 19.9. The Hall–Kier alpha value is -1.70. The van der Waals surface area contributed by atoms with Crippen molar-refractivity contribution in [1.29, 1.82) is 0 Å². The maximum atomic E-state index is 13.4. The van der Waals surface area contributed by atoms with Crippen LogP contribution in [0.1, 0.15) is 25.3 Å². The van der Waals surface area contributed by atoms with E-state index in [1.165, 1.54) is 4.31 Å². The highest BCUT2D eigenvalue weighted by molar-refractivity contribution is 9.10. The first-order valence-corrected chi connectivity index (χ1v) is 11.8. The average Bonchev–Trinajstić information content (AvgIpc) is 3.03. The summed E-state index contributed by atoms with van der Waals surface area (Å²) in [6.45, 7) is 2.75. The molecule has 2 aliphatic heterocycles. The van der Waals surface area contributed by atoms with Gasteiger partial charge in [0.05, 0.1) is 10.8 Å². The van der Waals surface area contributed by atoms with Crippen molar-refractivity contribution in [2.24, 2.45) is 5.92 Å². The molecule has 1 saturated heterocycles. The molecule has 2 heterocycles. The zero-order valence-electron chi connectivity index (χ0n) is 15.7.